The Hall–Kier alpha value is 0.210. The normalized spacial score (nSPS) is 29.0. The molecule has 3 heteroatoms. The molecule has 0 spiro atoms. The van der Waals surface area contributed by atoms with Gasteiger partial charge in [0.1, 0.15) is 0 Å². The van der Waals surface area contributed by atoms with Gasteiger partial charge in [0.05, 0.1) is 0 Å². The maximum absolute atomic E-state index is 6.90. The highest BCUT2D eigenvalue weighted by atomic mass is 35.5. The second kappa shape index (κ2) is 8.96. The molecule has 0 atom stereocenters. The summed E-state index contributed by atoms with van der Waals surface area (Å²) in [5, 5.41) is 0. The van der Waals surface area contributed by atoms with Crippen LogP contribution in [0.15, 0.2) is 0 Å². The molecule has 2 nitrogen and oxygen atoms in total. The first-order chi connectivity index (χ1) is 4.50. The van der Waals surface area contributed by atoms with Crippen molar-refractivity contribution in [2.24, 2.45) is 11.5 Å². The van der Waals surface area contributed by atoms with Gasteiger partial charge in [-0.2, -0.15) is 0 Å². The van der Waals surface area contributed by atoms with Crippen molar-refractivity contribution in [1.29, 1.82) is 0 Å². The van der Waals surface area contributed by atoms with E-state index in [1.54, 1.807) is 0 Å². The number of nitrogens with two attached hydrogens (primary N) is 2. The van der Waals surface area contributed by atoms with E-state index >= 15 is 0 Å². The van der Waals surface area contributed by atoms with Crippen molar-refractivity contribution in [2.45, 2.75) is 6.37 Å². The zero-order chi connectivity index (χ0) is 9.50. The predicted octanol–water partition coefficient (Wildman–Crippen LogP) is -0.284. The van der Waals surface area contributed by atoms with Crippen molar-refractivity contribution < 1.29 is 8.22 Å². The Bertz CT molecular complexity index is 132. The molecule has 0 heterocycles. The minimum absolute atomic E-state index is 0. The van der Waals surface area contributed by atoms with E-state index in [-0.39, 0.29) is 12.4 Å². The number of rotatable bonds is 2. The minimum Gasteiger partial charge on any atom is -0.330 e. The fourth-order valence-electron chi connectivity index (χ4n) is 0.0417. The van der Waals surface area contributed by atoms with Crippen molar-refractivity contribution in [3.8, 4) is 0 Å². The molecule has 0 rings (SSSR count). The van der Waals surface area contributed by atoms with Gasteiger partial charge in [0.25, 0.3) is 0 Å². The lowest BCUT2D eigenvalue weighted by Crippen LogP contribution is -2.06. The third kappa shape index (κ3) is 8.88. The van der Waals surface area contributed by atoms with E-state index in [0.29, 0.717) is 0 Å². The van der Waals surface area contributed by atoms with Gasteiger partial charge in [-0.1, -0.05) is 0 Å². The minimum atomic E-state index is -2.90. The van der Waals surface area contributed by atoms with Gasteiger partial charge in [0, 0.05) is 8.22 Å². The molecule has 0 bridgehead atoms. The third-order valence-corrected chi connectivity index (χ3v) is 0.144. The van der Waals surface area contributed by atoms with Crippen LogP contribution in [0.25, 0.3) is 0 Å². The van der Waals surface area contributed by atoms with Gasteiger partial charge in [-0.25, -0.2) is 0 Å². The molecule has 0 aromatic heterocycles. The molecule has 0 unspecified atom stereocenters. The Balaban J connectivity index is 0. The van der Waals surface area contributed by atoms with Crippen LogP contribution >= 0.6 is 12.4 Å². The number of halogens is 1. The first kappa shape index (κ1) is 1.62. The van der Waals surface area contributed by atoms with Gasteiger partial charge in [-0.05, 0) is 19.4 Å². The molecule has 0 aromatic rings. The highest BCUT2D eigenvalue weighted by Gasteiger charge is 1.67. The first-order valence-electron chi connectivity index (χ1n) is 4.08. The summed E-state index contributed by atoms with van der Waals surface area (Å²) >= 11 is 0. The molecule has 6 heavy (non-hydrogen) atoms. The van der Waals surface area contributed by atoms with E-state index in [4.69, 9.17) is 19.7 Å². The molecule has 0 aliphatic rings. The average Bonchev–Trinajstić information content (AvgIpc) is 1.58. The summed E-state index contributed by atoms with van der Waals surface area (Å²) in [5.41, 5.74) is 9.48. The lowest BCUT2D eigenvalue weighted by molar-refractivity contribution is 0.844. The lowest BCUT2D eigenvalue weighted by Gasteiger charge is -1.81. The molecule has 0 aromatic carbocycles. The Morgan fingerprint density at radius 1 is 1.33 bits per heavy atom. The van der Waals surface area contributed by atoms with Gasteiger partial charge >= 0.3 is 0 Å². The third-order valence-electron chi connectivity index (χ3n) is 0.144. The molecule has 0 aliphatic heterocycles. The van der Waals surface area contributed by atoms with E-state index in [1.165, 1.54) is 0 Å². The fourth-order valence-corrected chi connectivity index (χ4v) is 0.0417. The van der Waals surface area contributed by atoms with Gasteiger partial charge < -0.3 is 11.5 Å². The quantitative estimate of drug-likeness (QED) is 0.521. The summed E-state index contributed by atoms with van der Waals surface area (Å²) in [6.07, 6.45) is -2.90. The average molecular weight is 117 g/mol. The molecule has 0 amide bonds. The van der Waals surface area contributed by atoms with Crippen LogP contribution in [-0.4, -0.2) is 13.0 Å². The Morgan fingerprint density at radius 3 is 1.67 bits per heavy atom. The number of hydrogen-bond donors (Lipinski definition) is 2. The van der Waals surface area contributed by atoms with Crippen LogP contribution in [0.1, 0.15) is 14.6 Å². The highest BCUT2D eigenvalue weighted by Crippen LogP contribution is 1.58. The molecule has 0 aliphatic carbocycles. The van der Waals surface area contributed by atoms with Crippen molar-refractivity contribution in [3.05, 3.63) is 0 Å². The second-order valence-corrected chi connectivity index (χ2v) is 0.414. The molecular weight excluding hydrogens is 99.5 g/mol. The van der Waals surface area contributed by atoms with E-state index < -0.39 is 19.4 Å². The van der Waals surface area contributed by atoms with Crippen molar-refractivity contribution in [3.63, 3.8) is 0 Å². The van der Waals surface area contributed by atoms with Crippen LogP contribution < -0.4 is 11.5 Å². The van der Waals surface area contributed by atoms with Crippen molar-refractivity contribution in [1.82, 2.24) is 0 Å². The Labute approximate surface area is 52.7 Å². The summed E-state index contributed by atoms with van der Waals surface area (Å²) < 4.78 is 40.8. The first-order valence-corrected chi connectivity index (χ1v) is 1.08. The monoisotopic (exact) mass is 116 g/mol. The topological polar surface area (TPSA) is 52.0 Å². The van der Waals surface area contributed by atoms with Gasteiger partial charge in [0.2, 0.25) is 0 Å². The maximum atomic E-state index is 6.90. The molecule has 0 saturated carbocycles. The predicted molar refractivity (Wildman–Crippen MR) is 30.0 cm³/mol. The van der Waals surface area contributed by atoms with Crippen LogP contribution in [0.5, 0.6) is 0 Å². The highest BCUT2D eigenvalue weighted by molar-refractivity contribution is 5.85. The summed E-state index contributed by atoms with van der Waals surface area (Å²) in [7, 11) is 0. The molecule has 0 saturated heterocycles. The molecule has 0 radical (unpaired) electrons. The molecular formula is C3H11ClN2. The molecule has 40 valence electrons. The second-order valence-electron chi connectivity index (χ2n) is 0.414. The van der Waals surface area contributed by atoms with Gasteiger partial charge in [0.15, 0.2) is 0 Å². The summed E-state index contributed by atoms with van der Waals surface area (Å²) in [6.45, 7) is -5.57. The van der Waals surface area contributed by atoms with Gasteiger partial charge in [-0.15, -0.1) is 12.4 Å². The van der Waals surface area contributed by atoms with E-state index in [0.717, 1.165) is 0 Å². The Kier molecular flexibility index (Phi) is 2.42. The van der Waals surface area contributed by atoms with Crippen molar-refractivity contribution >= 4 is 12.4 Å². The van der Waals surface area contributed by atoms with E-state index in [2.05, 4.69) is 0 Å². The van der Waals surface area contributed by atoms with Crippen LogP contribution in [0.3, 0.4) is 0 Å². The van der Waals surface area contributed by atoms with Crippen molar-refractivity contribution in [2.75, 3.05) is 13.0 Å². The largest absolute Gasteiger partial charge is 0.330 e. The zero-order valence-corrected chi connectivity index (χ0v) is 3.88. The van der Waals surface area contributed by atoms with Crippen LogP contribution in [0.2, 0.25) is 0 Å². The lowest BCUT2D eigenvalue weighted by atomic mass is 10.4. The van der Waals surface area contributed by atoms with E-state index in [9.17, 15) is 0 Å². The van der Waals surface area contributed by atoms with Crippen LogP contribution in [0.4, 0.5) is 0 Å². The fraction of sp³-hybridized carbons (Fsp3) is 1.00. The smallest absolute Gasteiger partial charge is 0.0426 e. The standard InChI is InChI=1S/C3H10N2.ClH/c4-2-1-3-5;/h1-5H2;1H/i1D2,2D2,3D2;. The SMILES string of the molecule is Cl.[2H]C([2H])(N)C([2H])([2H])C([2H])([2H])N. The van der Waals surface area contributed by atoms with Gasteiger partial charge in [-0.3, -0.25) is 0 Å². The zero-order valence-electron chi connectivity index (χ0n) is 9.06. The Morgan fingerprint density at radius 2 is 1.67 bits per heavy atom. The molecule has 0 fully saturated rings. The van der Waals surface area contributed by atoms with Crippen LogP contribution in [0, 0.1) is 0 Å². The maximum Gasteiger partial charge on any atom is 0.0426 e. The number of hydrogen-bond acceptors (Lipinski definition) is 2. The molecule has 4 N–H and O–H groups in total. The summed E-state index contributed by atoms with van der Waals surface area (Å²) in [4.78, 5) is 0. The summed E-state index contributed by atoms with van der Waals surface area (Å²) in [5.74, 6) is 0. The van der Waals surface area contributed by atoms with Crippen LogP contribution in [-0.2, 0) is 0 Å². The van der Waals surface area contributed by atoms with E-state index in [1.807, 2.05) is 0 Å². The summed E-state index contributed by atoms with van der Waals surface area (Å²) in [6, 6.07) is 0.